The number of carboxylic acids is 1. The summed E-state index contributed by atoms with van der Waals surface area (Å²) >= 11 is 0. The van der Waals surface area contributed by atoms with Gasteiger partial charge in [0.15, 0.2) is 5.65 Å². The van der Waals surface area contributed by atoms with Crippen LogP contribution in [0.15, 0.2) is 71.3 Å². The van der Waals surface area contributed by atoms with E-state index in [0.29, 0.717) is 34.2 Å². The zero-order valence-electron chi connectivity index (χ0n) is 18.8. The van der Waals surface area contributed by atoms with Crippen molar-refractivity contribution in [2.45, 2.75) is 26.2 Å². The van der Waals surface area contributed by atoms with Crippen LogP contribution in [0.2, 0.25) is 0 Å². The van der Waals surface area contributed by atoms with Gasteiger partial charge >= 0.3 is 5.97 Å². The van der Waals surface area contributed by atoms with Crippen molar-refractivity contribution in [1.82, 2.24) is 14.4 Å². The summed E-state index contributed by atoms with van der Waals surface area (Å²) in [7, 11) is 0. The summed E-state index contributed by atoms with van der Waals surface area (Å²) in [6.45, 7) is 1.82. The fourth-order valence-electron chi connectivity index (χ4n) is 4.15. The van der Waals surface area contributed by atoms with E-state index in [-0.39, 0.29) is 24.8 Å². The Balaban J connectivity index is 1.74. The lowest BCUT2D eigenvalue weighted by molar-refractivity contribution is -0.136. The molecular formula is C27H21F2N3O3. The van der Waals surface area contributed by atoms with Crippen molar-refractivity contribution in [2.75, 3.05) is 0 Å². The van der Waals surface area contributed by atoms with Crippen molar-refractivity contribution in [3.63, 3.8) is 0 Å². The van der Waals surface area contributed by atoms with Crippen LogP contribution in [0.4, 0.5) is 8.78 Å². The van der Waals surface area contributed by atoms with Gasteiger partial charge in [0.05, 0.1) is 35.6 Å². The third-order valence-corrected chi connectivity index (χ3v) is 5.79. The normalized spacial score (nSPS) is 11.3. The number of furan rings is 1. The summed E-state index contributed by atoms with van der Waals surface area (Å²) in [4.78, 5) is 21.2. The highest BCUT2D eigenvalue weighted by molar-refractivity contribution is 5.71. The van der Waals surface area contributed by atoms with Gasteiger partial charge in [0.1, 0.15) is 23.2 Å². The smallest absolute Gasteiger partial charge is 0.309 e. The predicted octanol–water partition coefficient (Wildman–Crippen LogP) is 5.38. The van der Waals surface area contributed by atoms with Gasteiger partial charge in [0.25, 0.3) is 0 Å². The van der Waals surface area contributed by atoms with Gasteiger partial charge in [-0.15, -0.1) is 0 Å². The maximum Gasteiger partial charge on any atom is 0.309 e. The molecule has 35 heavy (non-hydrogen) atoms. The highest BCUT2D eigenvalue weighted by Crippen LogP contribution is 2.27. The van der Waals surface area contributed by atoms with Gasteiger partial charge in [-0.25, -0.2) is 18.7 Å². The lowest BCUT2D eigenvalue weighted by Gasteiger charge is -2.10. The van der Waals surface area contributed by atoms with Crippen molar-refractivity contribution >= 4 is 11.6 Å². The largest absolute Gasteiger partial charge is 0.481 e. The summed E-state index contributed by atoms with van der Waals surface area (Å²) in [6, 6.07) is 16.6. The molecule has 176 valence electrons. The SMILES string of the molecule is Cc1ccc(Cc2nc3c(Cc4c(F)cccc4F)nc(-c4ccccc4)cn3c2CC(=O)O)o1. The molecule has 0 aliphatic carbocycles. The first-order valence-corrected chi connectivity index (χ1v) is 11.0. The number of aromatic nitrogens is 3. The van der Waals surface area contributed by atoms with Crippen LogP contribution in [0.25, 0.3) is 16.9 Å². The molecule has 0 saturated carbocycles. The molecule has 1 N–H and O–H groups in total. The van der Waals surface area contributed by atoms with Gasteiger partial charge < -0.3 is 9.52 Å². The van der Waals surface area contributed by atoms with Crippen molar-refractivity contribution in [3.8, 4) is 11.3 Å². The zero-order valence-corrected chi connectivity index (χ0v) is 18.8. The van der Waals surface area contributed by atoms with E-state index in [1.807, 2.05) is 49.4 Å². The topological polar surface area (TPSA) is 80.6 Å². The molecule has 0 aliphatic heterocycles. The second-order valence-electron chi connectivity index (χ2n) is 8.27. The van der Waals surface area contributed by atoms with Crippen molar-refractivity contribution in [3.05, 3.63) is 113 Å². The molecular weight excluding hydrogens is 452 g/mol. The first-order chi connectivity index (χ1) is 16.9. The molecule has 6 nitrogen and oxygen atoms in total. The summed E-state index contributed by atoms with van der Waals surface area (Å²) in [5, 5.41) is 9.62. The molecule has 0 amide bonds. The molecule has 0 aliphatic rings. The lowest BCUT2D eigenvalue weighted by atomic mass is 10.1. The maximum atomic E-state index is 14.5. The van der Waals surface area contributed by atoms with Crippen LogP contribution in [0.3, 0.4) is 0 Å². The highest BCUT2D eigenvalue weighted by atomic mass is 19.1. The Kier molecular flexibility index (Phi) is 5.86. The third kappa shape index (κ3) is 4.55. The summed E-state index contributed by atoms with van der Waals surface area (Å²) in [5.41, 5.74) is 2.83. The molecule has 3 aromatic heterocycles. The van der Waals surface area contributed by atoms with Gasteiger partial charge in [-0.1, -0.05) is 36.4 Å². The quantitative estimate of drug-likeness (QED) is 0.343. The first-order valence-electron chi connectivity index (χ1n) is 11.0. The minimum atomic E-state index is -1.02. The second kappa shape index (κ2) is 9.13. The van der Waals surface area contributed by atoms with E-state index < -0.39 is 17.6 Å². The molecule has 0 fully saturated rings. The van der Waals surface area contributed by atoms with Crippen LogP contribution in [0.5, 0.6) is 0 Å². The van der Waals surface area contributed by atoms with Crippen molar-refractivity contribution < 1.29 is 23.1 Å². The Hall–Kier alpha value is -4.33. The molecule has 5 aromatic rings. The number of carbonyl (C=O) groups is 1. The van der Waals surface area contributed by atoms with Crippen LogP contribution in [-0.4, -0.2) is 25.4 Å². The Labute approximate surface area is 199 Å². The highest BCUT2D eigenvalue weighted by Gasteiger charge is 2.22. The standard InChI is InChI=1S/C27H21F2N3O3/c1-16-10-11-18(35-16)12-22-25(14-26(33)34)32-15-24(17-6-3-2-4-7-17)30-23(27(32)31-22)13-19-20(28)8-5-9-21(19)29/h2-11,15H,12-14H2,1H3,(H,33,34). The number of hydrogen-bond acceptors (Lipinski definition) is 4. The van der Waals surface area contributed by atoms with E-state index in [0.717, 1.165) is 11.3 Å². The van der Waals surface area contributed by atoms with E-state index in [4.69, 9.17) is 14.4 Å². The molecule has 2 aromatic carbocycles. The number of imidazole rings is 1. The van der Waals surface area contributed by atoms with E-state index in [2.05, 4.69) is 0 Å². The number of aliphatic carboxylic acids is 1. The minimum Gasteiger partial charge on any atom is -0.481 e. The van der Waals surface area contributed by atoms with Crippen LogP contribution in [0.1, 0.15) is 34.2 Å². The number of benzene rings is 2. The fourth-order valence-corrected chi connectivity index (χ4v) is 4.15. The van der Waals surface area contributed by atoms with Crippen molar-refractivity contribution in [2.24, 2.45) is 0 Å². The van der Waals surface area contributed by atoms with E-state index in [9.17, 15) is 18.7 Å². The van der Waals surface area contributed by atoms with Crippen LogP contribution in [-0.2, 0) is 24.1 Å². The number of aryl methyl sites for hydroxylation is 1. The maximum absolute atomic E-state index is 14.5. The van der Waals surface area contributed by atoms with Gasteiger partial charge in [0, 0.05) is 23.7 Å². The monoisotopic (exact) mass is 473 g/mol. The first kappa shape index (κ1) is 22.5. The summed E-state index contributed by atoms with van der Waals surface area (Å²) in [6.07, 6.45) is 1.55. The van der Waals surface area contributed by atoms with Crippen molar-refractivity contribution in [1.29, 1.82) is 0 Å². The average molecular weight is 473 g/mol. The van der Waals surface area contributed by atoms with Crippen LogP contribution < -0.4 is 0 Å². The number of halogens is 2. The molecule has 0 spiro atoms. The summed E-state index contributed by atoms with van der Waals surface area (Å²) < 4.78 is 36.4. The molecule has 0 radical (unpaired) electrons. The molecule has 0 bridgehead atoms. The van der Waals surface area contributed by atoms with Gasteiger partial charge in [-0.05, 0) is 31.2 Å². The molecule has 3 heterocycles. The molecule has 5 rings (SSSR count). The molecule has 8 heteroatoms. The third-order valence-electron chi connectivity index (χ3n) is 5.79. The van der Waals surface area contributed by atoms with Crippen LogP contribution >= 0.6 is 0 Å². The number of nitrogens with zero attached hydrogens (tertiary/aromatic N) is 3. The average Bonchev–Trinajstić information content (AvgIpc) is 3.40. The van der Waals surface area contributed by atoms with Gasteiger partial charge in [0.2, 0.25) is 0 Å². The van der Waals surface area contributed by atoms with Gasteiger partial charge in [-0.3, -0.25) is 9.20 Å². The Morgan fingerprint density at radius 3 is 2.34 bits per heavy atom. The second-order valence-corrected chi connectivity index (χ2v) is 8.27. The summed E-state index contributed by atoms with van der Waals surface area (Å²) in [5.74, 6) is -1.02. The lowest BCUT2D eigenvalue weighted by Crippen LogP contribution is -2.08. The molecule has 0 atom stereocenters. The molecule has 0 unspecified atom stereocenters. The molecule has 0 saturated heterocycles. The number of fused-ring (bicyclic) bond motifs is 1. The Morgan fingerprint density at radius 1 is 0.943 bits per heavy atom. The minimum absolute atomic E-state index is 0.127. The Morgan fingerprint density at radius 2 is 1.69 bits per heavy atom. The van der Waals surface area contributed by atoms with Gasteiger partial charge in [-0.2, -0.15) is 0 Å². The zero-order chi connectivity index (χ0) is 24.5. The van der Waals surface area contributed by atoms with E-state index in [1.54, 1.807) is 10.6 Å². The Bertz CT molecular complexity index is 1520. The fraction of sp³-hybridized carbons (Fsp3) is 0.148. The van der Waals surface area contributed by atoms with E-state index in [1.165, 1.54) is 18.2 Å². The predicted molar refractivity (Wildman–Crippen MR) is 125 cm³/mol. The number of hydrogen-bond donors (Lipinski definition) is 1. The number of carboxylic acid groups (broad SMARTS) is 1. The van der Waals surface area contributed by atoms with Crippen LogP contribution in [0, 0.1) is 18.6 Å². The number of rotatable bonds is 7. The van der Waals surface area contributed by atoms with E-state index >= 15 is 0 Å².